The van der Waals surface area contributed by atoms with Gasteiger partial charge in [0.25, 0.3) is 0 Å². The van der Waals surface area contributed by atoms with Gasteiger partial charge < -0.3 is 19.9 Å². The van der Waals surface area contributed by atoms with Gasteiger partial charge in [-0.25, -0.2) is 4.39 Å². The molecule has 0 saturated heterocycles. The summed E-state index contributed by atoms with van der Waals surface area (Å²) in [5.41, 5.74) is 2.66. The Morgan fingerprint density at radius 1 is 1.00 bits per heavy atom. The molecule has 0 spiro atoms. The zero-order valence-corrected chi connectivity index (χ0v) is 16.2. The maximum Gasteiger partial charge on any atom is 0.235 e. The zero-order chi connectivity index (χ0) is 20.7. The lowest BCUT2D eigenvalue weighted by molar-refractivity contribution is -0.118. The van der Waals surface area contributed by atoms with Crippen molar-refractivity contribution in [2.75, 3.05) is 12.1 Å². The molecule has 0 bridgehead atoms. The summed E-state index contributed by atoms with van der Waals surface area (Å²) in [6.45, 7) is 0.121. The molecule has 3 aromatic rings. The van der Waals surface area contributed by atoms with Crippen molar-refractivity contribution in [1.29, 1.82) is 0 Å². The van der Waals surface area contributed by atoms with Crippen molar-refractivity contribution in [2.45, 2.75) is 24.9 Å². The van der Waals surface area contributed by atoms with E-state index in [1.165, 1.54) is 6.07 Å². The minimum atomic E-state index is -0.599. The van der Waals surface area contributed by atoms with Crippen molar-refractivity contribution in [1.82, 2.24) is 0 Å². The predicted octanol–water partition coefficient (Wildman–Crippen LogP) is 4.38. The minimum absolute atomic E-state index is 0.0687. The number of carbonyl (C=O) groups is 1. The fourth-order valence-corrected chi connectivity index (χ4v) is 3.83. The fraction of sp³-hybridized carbons (Fsp3) is 0.208. The molecule has 6 heteroatoms. The lowest BCUT2D eigenvalue weighted by atomic mass is 9.94. The number of hydrogen-bond acceptors (Lipinski definition) is 4. The second-order valence-electron chi connectivity index (χ2n) is 7.65. The van der Waals surface area contributed by atoms with Gasteiger partial charge in [0.05, 0.1) is 12.0 Å². The summed E-state index contributed by atoms with van der Waals surface area (Å²) in [4.78, 5) is 13.1. The van der Waals surface area contributed by atoms with Crippen molar-refractivity contribution < 1.29 is 23.8 Å². The van der Waals surface area contributed by atoms with E-state index in [4.69, 9.17) is 9.47 Å². The van der Waals surface area contributed by atoms with Crippen LogP contribution in [0.3, 0.4) is 0 Å². The molecule has 1 aliphatic carbocycles. The van der Waals surface area contributed by atoms with E-state index in [1.807, 2.05) is 18.2 Å². The molecule has 1 aliphatic heterocycles. The third-order valence-electron chi connectivity index (χ3n) is 5.78. The largest absolute Gasteiger partial charge is 0.454 e. The van der Waals surface area contributed by atoms with Crippen LogP contribution in [0.1, 0.15) is 24.0 Å². The highest BCUT2D eigenvalue weighted by atomic mass is 19.1. The molecule has 0 aromatic heterocycles. The summed E-state index contributed by atoms with van der Waals surface area (Å²) in [6, 6.07) is 17.2. The fourth-order valence-electron chi connectivity index (χ4n) is 3.83. The first-order chi connectivity index (χ1) is 14.6. The Morgan fingerprint density at radius 2 is 1.77 bits per heavy atom. The van der Waals surface area contributed by atoms with Crippen LogP contribution in [0, 0.1) is 5.82 Å². The number of fused-ring (bicyclic) bond motifs is 1. The average Bonchev–Trinajstić information content (AvgIpc) is 3.46. The van der Waals surface area contributed by atoms with Gasteiger partial charge in [0.1, 0.15) is 5.82 Å². The van der Waals surface area contributed by atoms with Gasteiger partial charge in [-0.3, -0.25) is 4.79 Å². The quantitative estimate of drug-likeness (QED) is 0.661. The first kappa shape index (κ1) is 18.6. The molecule has 5 rings (SSSR count). The van der Waals surface area contributed by atoms with Crippen molar-refractivity contribution in [2.24, 2.45) is 0 Å². The number of anilines is 1. The van der Waals surface area contributed by atoms with Gasteiger partial charge in [-0.05, 0) is 59.9 Å². The monoisotopic (exact) mass is 405 g/mol. The molecule has 152 valence electrons. The Hall–Kier alpha value is -3.38. The second-order valence-corrected chi connectivity index (χ2v) is 7.65. The van der Waals surface area contributed by atoms with E-state index in [-0.39, 0.29) is 25.1 Å². The van der Waals surface area contributed by atoms with E-state index < -0.39 is 5.41 Å². The first-order valence-electron chi connectivity index (χ1n) is 9.80. The molecule has 0 unspecified atom stereocenters. The SMILES string of the molecule is O=C(Nc1ccc(F)c(-c2ccc(CO)cc2)c1)C1(c2ccc3c(c2)OCO3)CC1. The lowest BCUT2D eigenvalue weighted by Crippen LogP contribution is -2.27. The van der Waals surface area contributed by atoms with Gasteiger partial charge >= 0.3 is 0 Å². The van der Waals surface area contributed by atoms with Crippen molar-refractivity contribution in [3.8, 4) is 22.6 Å². The van der Waals surface area contributed by atoms with E-state index in [0.29, 0.717) is 28.3 Å². The smallest absolute Gasteiger partial charge is 0.235 e. The lowest BCUT2D eigenvalue weighted by Gasteiger charge is -2.17. The van der Waals surface area contributed by atoms with Crippen LogP contribution in [0.4, 0.5) is 10.1 Å². The van der Waals surface area contributed by atoms with E-state index in [2.05, 4.69) is 5.32 Å². The zero-order valence-electron chi connectivity index (χ0n) is 16.2. The highest BCUT2D eigenvalue weighted by Gasteiger charge is 2.51. The molecule has 2 aliphatic rings. The number of amides is 1. The number of hydrogen-bond donors (Lipinski definition) is 2. The Bertz CT molecular complexity index is 1120. The van der Waals surface area contributed by atoms with Crippen LogP contribution in [0.15, 0.2) is 60.7 Å². The van der Waals surface area contributed by atoms with E-state index >= 15 is 0 Å². The summed E-state index contributed by atoms with van der Waals surface area (Å²) in [6.07, 6.45) is 1.49. The van der Waals surface area contributed by atoms with Gasteiger partial charge in [0, 0.05) is 11.3 Å². The summed E-state index contributed by atoms with van der Waals surface area (Å²) in [5, 5.41) is 12.1. The first-order valence-corrected chi connectivity index (χ1v) is 9.80. The number of rotatable bonds is 5. The minimum Gasteiger partial charge on any atom is -0.454 e. The van der Waals surface area contributed by atoms with Crippen LogP contribution >= 0.6 is 0 Å². The van der Waals surface area contributed by atoms with E-state index in [0.717, 1.165) is 24.0 Å². The summed E-state index contributed by atoms with van der Waals surface area (Å²) >= 11 is 0. The van der Waals surface area contributed by atoms with E-state index in [1.54, 1.807) is 36.4 Å². The highest BCUT2D eigenvalue weighted by Crippen LogP contribution is 2.51. The third kappa shape index (κ3) is 3.19. The molecule has 3 aromatic carbocycles. The number of aliphatic hydroxyl groups is 1. The Balaban J connectivity index is 1.39. The van der Waals surface area contributed by atoms with Crippen molar-refractivity contribution in [3.63, 3.8) is 0 Å². The summed E-state index contributed by atoms with van der Waals surface area (Å²) in [5.74, 6) is 0.850. The Morgan fingerprint density at radius 3 is 2.50 bits per heavy atom. The maximum atomic E-state index is 14.4. The maximum absolute atomic E-state index is 14.4. The number of halogens is 1. The normalized spacial score (nSPS) is 15.7. The van der Waals surface area contributed by atoms with Crippen LogP contribution in [0.2, 0.25) is 0 Å². The van der Waals surface area contributed by atoms with Crippen LogP contribution in [-0.2, 0) is 16.8 Å². The number of nitrogens with one attached hydrogen (secondary N) is 1. The molecular weight excluding hydrogens is 385 g/mol. The molecule has 0 atom stereocenters. The summed E-state index contributed by atoms with van der Waals surface area (Å²) in [7, 11) is 0. The standard InChI is InChI=1S/C24H20FNO4/c25-20-7-6-18(12-19(20)16-3-1-15(13-27)2-4-16)26-23(28)24(9-10-24)17-5-8-21-22(11-17)30-14-29-21/h1-8,11-12,27H,9-10,13-14H2,(H,26,28). The van der Waals surface area contributed by atoms with Crippen LogP contribution in [0.5, 0.6) is 11.5 Å². The van der Waals surface area contributed by atoms with Gasteiger partial charge in [-0.1, -0.05) is 30.3 Å². The predicted molar refractivity (Wildman–Crippen MR) is 110 cm³/mol. The topological polar surface area (TPSA) is 67.8 Å². The van der Waals surface area contributed by atoms with Crippen molar-refractivity contribution >= 4 is 11.6 Å². The molecule has 0 radical (unpaired) electrons. The second kappa shape index (κ2) is 7.15. The molecule has 1 saturated carbocycles. The number of aliphatic hydroxyl groups excluding tert-OH is 1. The molecule has 2 N–H and O–H groups in total. The van der Waals surface area contributed by atoms with Gasteiger partial charge in [0.2, 0.25) is 12.7 Å². The van der Waals surface area contributed by atoms with Crippen LogP contribution in [0.25, 0.3) is 11.1 Å². The van der Waals surface area contributed by atoms with E-state index in [9.17, 15) is 14.3 Å². The van der Waals surface area contributed by atoms with Crippen LogP contribution in [-0.4, -0.2) is 17.8 Å². The molecule has 30 heavy (non-hydrogen) atoms. The summed E-state index contributed by atoms with van der Waals surface area (Å²) < 4.78 is 25.2. The van der Waals surface area contributed by atoms with Gasteiger partial charge in [0.15, 0.2) is 11.5 Å². The number of carbonyl (C=O) groups excluding carboxylic acids is 1. The Labute approximate surface area is 173 Å². The molecular formula is C24H20FNO4. The third-order valence-corrected chi connectivity index (χ3v) is 5.78. The van der Waals surface area contributed by atoms with Crippen LogP contribution < -0.4 is 14.8 Å². The Kier molecular flexibility index (Phi) is 4.44. The number of benzene rings is 3. The van der Waals surface area contributed by atoms with Crippen molar-refractivity contribution in [3.05, 3.63) is 77.6 Å². The molecule has 1 fully saturated rings. The molecule has 5 nitrogen and oxygen atoms in total. The molecule has 1 amide bonds. The van der Waals surface area contributed by atoms with Gasteiger partial charge in [-0.2, -0.15) is 0 Å². The van der Waals surface area contributed by atoms with Gasteiger partial charge in [-0.15, -0.1) is 0 Å². The highest BCUT2D eigenvalue weighted by molar-refractivity contribution is 6.01. The average molecular weight is 405 g/mol. The molecule has 1 heterocycles. The number of ether oxygens (including phenoxy) is 2.